The van der Waals surface area contributed by atoms with Crippen molar-refractivity contribution in [3.63, 3.8) is 0 Å². The Morgan fingerprint density at radius 3 is 2.51 bits per heavy atom. The molecule has 5 rings (SSSR count). The summed E-state index contributed by atoms with van der Waals surface area (Å²) in [6.45, 7) is 2.38. The largest absolute Gasteiger partial charge is 0.443 e. The Morgan fingerprint density at radius 1 is 1.05 bits per heavy atom. The summed E-state index contributed by atoms with van der Waals surface area (Å²) in [6.07, 6.45) is 2.25. The maximum atomic E-state index is 13.7. The van der Waals surface area contributed by atoms with Crippen molar-refractivity contribution in [1.82, 2.24) is 9.79 Å². The third-order valence-electron chi connectivity index (χ3n) is 8.03. The van der Waals surface area contributed by atoms with Crippen LogP contribution < -0.4 is 5.32 Å². The van der Waals surface area contributed by atoms with Crippen molar-refractivity contribution in [1.29, 1.82) is 0 Å². The molecule has 2 aromatic carbocycles. The molecule has 3 aliphatic rings. The minimum atomic E-state index is -4.09. The van der Waals surface area contributed by atoms with Crippen LogP contribution in [0.4, 0.5) is 4.79 Å². The molecule has 0 bridgehead atoms. The summed E-state index contributed by atoms with van der Waals surface area (Å²) in [5, 5.41) is 14.3. The van der Waals surface area contributed by atoms with Gasteiger partial charge in [-0.1, -0.05) is 65.3 Å². The Kier molecular flexibility index (Phi) is 9.95. The monoisotopic (exact) mass is 588 g/mol. The van der Waals surface area contributed by atoms with Crippen LogP contribution in [0.5, 0.6) is 0 Å². The second kappa shape index (κ2) is 13.6. The van der Waals surface area contributed by atoms with Gasteiger partial charge in [-0.25, -0.2) is 13.2 Å². The molecule has 11 heteroatoms. The summed E-state index contributed by atoms with van der Waals surface area (Å²) >= 11 is 0. The Morgan fingerprint density at radius 2 is 1.78 bits per heavy atom. The van der Waals surface area contributed by atoms with Crippen molar-refractivity contribution < 1.29 is 37.4 Å². The molecule has 1 saturated carbocycles. The fourth-order valence-electron chi connectivity index (χ4n) is 5.69. The number of nitrogens with zero attached hydrogens (tertiary/aromatic N) is 1. The Balaban J connectivity index is 1.33. The molecular weight excluding hydrogens is 548 g/mol. The van der Waals surface area contributed by atoms with Crippen LogP contribution in [-0.4, -0.2) is 74.5 Å². The molecule has 5 atom stereocenters. The summed E-state index contributed by atoms with van der Waals surface area (Å²) in [4.78, 5) is 19.2. The number of hydrogen-bond donors (Lipinski definition) is 2. The minimum absolute atomic E-state index is 0.0399. The minimum Gasteiger partial charge on any atom is -0.443 e. The molecule has 1 aliphatic carbocycles. The van der Waals surface area contributed by atoms with Gasteiger partial charge in [0.2, 0.25) is 0 Å². The molecule has 2 N–H and O–H groups in total. The van der Waals surface area contributed by atoms with E-state index in [1.165, 1.54) is 12.1 Å². The topological polar surface area (TPSA) is 124 Å². The van der Waals surface area contributed by atoms with E-state index in [-0.39, 0.29) is 42.8 Å². The van der Waals surface area contributed by atoms with Gasteiger partial charge in [-0.2, -0.15) is 0 Å². The average Bonchev–Trinajstić information content (AvgIpc) is 3.63. The van der Waals surface area contributed by atoms with E-state index >= 15 is 0 Å². The zero-order valence-corrected chi connectivity index (χ0v) is 24.2. The maximum absolute atomic E-state index is 13.7. The highest BCUT2D eigenvalue weighted by Crippen LogP contribution is 2.32. The second-order valence-electron chi connectivity index (χ2n) is 11.1. The molecule has 2 heterocycles. The zero-order chi connectivity index (χ0) is 28.8. The third-order valence-corrected chi connectivity index (χ3v) is 9.67. The molecule has 224 valence electrons. The van der Waals surface area contributed by atoms with Crippen molar-refractivity contribution in [2.75, 3.05) is 19.8 Å². The fourth-order valence-corrected chi connectivity index (χ4v) is 6.98. The van der Waals surface area contributed by atoms with E-state index in [0.29, 0.717) is 6.61 Å². The van der Waals surface area contributed by atoms with Gasteiger partial charge in [0.15, 0.2) is 6.29 Å². The number of sulfonamides is 1. The van der Waals surface area contributed by atoms with Crippen LogP contribution in [-0.2, 0) is 35.5 Å². The zero-order valence-electron chi connectivity index (χ0n) is 23.4. The molecule has 2 saturated heterocycles. The summed E-state index contributed by atoms with van der Waals surface area (Å²) in [7, 11) is -4.09. The molecule has 2 aromatic rings. The number of hydrogen-bond acceptors (Lipinski definition) is 8. The first-order chi connectivity index (χ1) is 19.8. The van der Waals surface area contributed by atoms with Crippen LogP contribution in [0.1, 0.15) is 49.7 Å². The third kappa shape index (κ3) is 7.65. The lowest BCUT2D eigenvalue weighted by Gasteiger charge is -2.31. The number of amides is 1. The van der Waals surface area contributed by atoms with Crippen LogP contribution >= 0.6 is 0 Å². The van der Waals surface area contributed by atoms with Gasteiger partial charge in [0, 0.05) is 12.5 Å². The van der Waals surface area contributed by atoms with Crippen molar-refractivity contribution in [3.05, 3.63) is 65.7 Å². The number of rotatable bonds is 11. The summed E-state index contributed by atoms with van der Waals surface area (Å²) in [6, 6.07) is 15.0. The van der Waals surface area contributed by atoms with Gasteiger partial charge in [0.25, 0.3) is 10.0 Å². The quantitative estimate of drug-likeness (QED) is 0.381. The highest BCUT2D eigenvalue weighted by atomic mass is 32.2. The van der Waals surface area contributed by atoms with E-state index in [9.17, 15) is 18.3 Å². The number of nitrogens with one attached hydrogen (secondary N) is 1. The van der Waals surface area contributed by atoms with Crippen molar-refractivity contribution in [3.8, 4) is 0 Å². The predicted molar refractivity (Wildman–Crippen MR) is 150 cm³/mol. The van der Waals surface area contributed by atoms with Gasteiger partial charge >= 0.3 is 6.09 Å². The smallest absolute Gasteiger partial charge is 0.407 e. The van der Waals surface area contributed by atoms with Crippen molar-refractivity contribution in [2.45, 2.75) is 87.4 Å². The normalized spacial score (nSPS) is 24.6. The van der Waals surface area contributed by atoms with Crippen LogP contribution in [0.3, 0.4) is 0 Å². The number of aliphatic hydroxyl groups is 1. The number of carbonyl (C=O) groups is 1. The molecule has 10 nitrogen and oxygen atoms in total. The van der Waals surface area contributed by atoms with E-state index in [4.69, 9.17) is 19.0 Å². The van der Waals surface area contributed by atoms with E-state index in [1.54, 1.807) is 12.1 Å². The SMILES string of the molecule is Cc1ccc(S(=O)(=O)N(C[C@@H](O)[C@H](Cc2ccccc2)NC(=O)O[C@H]2CO[C@H]3OCCC[C@H]32)OC2CCCC2)cc1. The molecule has 3 fully saturated rings. The molecule has 41 heavy (non-hydrogen) atoms. The molecular formula is C30H40N2O8S. The number of carbonyl (C=O) groups excluding carboxylic acids is 1. The standard InChI is InChI=1S/C30H40N2O8S/c1-21-13-15-24(16-14-21)41(35,36)32(40-23-10-5-6-11-23)19-27(33)26(18-22-8-3-2-4-9-22)31-30(34)39-28-20-38-29-25(28)12-7-17-37-29/h2-4,8-9,13-16,23,25-29,33H,5-7,10-12,17-20H2,1H3,(H,31,34)/t25-,26-,27+,28-,29+/m0/s1. The highest BCUT2D eigenvalue weighted by Gasteiger charge is 2.42. The summed E-state index contributed by atoms with van der Waals surface area (Å²) < 4.78 is 45.3. The summed E-state index contributed by atoms with van der Waals surface area (Å²) in [5.74, 6) is -0.0399. The Bertz CT molecular complexity index is 1240. The first-order valence-corrected chi connectivity index (χ1v) is 15.9. The fraction of sp³-hybridized carbons (Fsp3) is 0.567. The van der Waals surface area contributed by atoms with Crippen LogP contribution in [0.2, 0.25) is 0 Å². The van der Waals surface area contributed by atoms with Gasteiger partial charge in [-0.05, 0) is 56.7 Å². The Labute approximate surface area is 241 Å². The maximum Gasteiger partial charge on any atom is 0.407 e. The number of hydroxylamine groups is 1. The van der Waals surface area contributed by atoms with E-state index in [1.807, 2.05) is 37.3 Å². The number of fused-ring (bicyclic) bond motifs is 1. The predicted octanol–water partition coefficient (Wildman–Crippen LogP) is 3.71. The molecule has 0 radical (unpaired) electrons. The number of aryl methyl sites for hydroxylation is 1. The lowest BCUT2D eigenvalue weighted by Crippen LogP contribution is -2.51. The second-order valence-corrected chi connectivity index (χ2v) is 13.0. The van der Waals surface area contributed by atoms with Crippen LogP contribution in [0.15, 0.2) is 59.5 Å². The number of ether oxygens (including phenoxy) is 3. The van der Waals surface area contributed by atoms with Gasteiger partial charge in [-0.3, -0.25) is 4.84 Å². The molecule has 0 unspecified atom stereocenters. The van der Waals surface area contributed by atoms with E-state index in [0.717, 1.165) is 54.1 Å². The number of aliphatic hydroxyl groups excluding tert-OH is 1. The Hall–Kier alpha value is -2.54. The summed E-state index contributed by atoms with van der Waals surface area (Å²) in [5.41, 5.74) is 1.79. The van der Waals surface area contributed by atoms with E-state index in [2.05, 4.69) is 5.32 Å². The number of benzene rings is 2. The average molecular weight is 589 g/mol. The van der Waals surface area contributed by atoms with Gasteiger partial charge in [0.05, 0.1) is 36.3 Å². The van der Waals surface area contributed by atoms with Gasteiger partial charge in [-0.15, -0.1) is 0 Å². The molecule has 0 aromatic heterocycles. The van der Waals surface area contributed by atoms with Crippen LogP contribution in [0, 0.1) is 12.8 Å². The van der Waals surface area contributed by atoms with Gasteiger partial charge in [0.1, 0.15) is 6.10 Å². The molecule has 1 amide bonds. The van der Waals surface area contributed by atoms with Crippen molar-refractivity contribution >= 4 is 16.1 Å². The number of alkyl carbamates (subject to hydrolysis) is 1. The van der Waals surface area contributed by atoms with Crippen molar-refractivity contribution in [2.24, 2.45) is 5.92 Å². The van der Waals surface area contributed by atoms with Gasteiger partial charge < -0.3 is 24.6 Å². The lowest BCUT2D eigenvalue weighted by molar-refractivity contribution is -0.152. The van der Waals surface area contributed by atoms with E-state index < -0.39 is 34.4 Å². The van der Waals surface area contributed by atoms with Crippen LogP contribution in [0.25, 0.3) is 0 Å². The first kappa shape index (κ1) is 29.9. The first-order valence-electron chi connectivity index (χ1n) is 14.5. The highest BCUT2D eigenvalue weighted by molar-refractivity contribution is 7.89. The molecule has 2 aliphatic heterocycles. The molecule has 0 spiro atoms. The lowest BCUT2D eigenvalue weighted by atomic mass is 9.97.